The highest BCUT2D eigenvalue weighted by atomic mass is 16.6. The van der Waals surface area contributed by atoms with Crippen LogP contribution in [0.4, 0.5) is 0 Å². The van der Waals surface area contributed by atoms with Gasteiger partial charge in [-0.15, -0.1) is 0 Å². The third kappa shape index (κ3) is 26.3. The maximum Gasteiger partial charge on any atom is 0.323 e. The van der Waals surface area contributed by atoms with E-state index in [0.29, 0.717) is 25.8 Å². The lowest BCUT2D eigenvalue weighted by atomic mass is 9.90. The molecular weight excluding hydrogens is 857 g/mol. The summed E-state index contributed by atoms with van der Waals surface area (Å²) in [5.41, 5.74) is -2.24. The first-order chi connectivity index (χ1) is 30.8. The average molecular weight is 939 g/mol. The summed E-state index contributed by atoms with van der Waals surface area (Å²) in [6.45, 7) is 26.3. The topological polar surface area (TPSA) is 170 Å². The fourth-order valence-corrected chi connectivity index (χ4v) is 7.00. The van der Waals surface area contributed by atoms with Crippen LogP contribution in [0, 0.1) is 0 Å². The van der Waals surface area contributed by atoms with E-state index < -0.39 is 69.8 Å². The van der Waals surface area contributed by atoms with E-state index >= 15 is 0 Å². The minimum atomic E-state index is -0.855. The summed E-state index contributed by atoms with van der Waals surface area (Å²) in [5, 5.41) is 3.11. The van der Waals surface area contributed by atoms with Gasteiger partial charge in [0.15, 0.2) is 0 Å². The van der Waals surface area contributed by atoms with Crippen molar-refractivity contribution in [3.05, 3.63) is 71.8 Å². The first-order valence-electron chi connectivity index (χ1n) is 23.5. The molecule has 15 nitrogen and oxygen atoms in total. The summed E-state index contributed by atoms with van der Waals surface area (Å²) in [6.07, 6.45) is 1.34. The highest BCUT2D eigenvalue weighted by Crippen LogP contribution is 2.25. The van der Waals surface area contributed by atoms with Crippen molar-refractivity contribution in [2.45, 2.75) is 163 Å². The van der Waals surface area contributed by atoms with Crippen molar-refractivity contribution in [2.75, 3.05) is 58.9 Å². The van der Waals surface area contributed by atoms with Crippen LogP contribution in [0.15, 0.2) is 60.7 Å². The van der Waals surface area contributed by atoms with Crippen molar-refractivity contribution in [3.8, 4) is 0 Å². The molecule has 0 saturated carbocycles. The Morgan fingerprint density at radius 2 is 0.791 bits per heavy atom. The minimum Gasteiger partial charge on any atom is -0.459 e. The van der Waals surface area contributed by atoms with E-state index in [2.05, 4.69) is 5.32 Å². The number of rotatable bonds is 24. The van der Waals surface area contributed by atoms with Gasteiger partial charge in [-0.25, -0.2) is 0 Å². The minimum absolute atomic E-state index is 0.117. The van der Waals surface area contributed by atoms with Crippen LogP contribution in [0.3, 0.4) is 0 Å². The lowest BCUT2D eigenvalue weighted by Gasteiger charge is -2.35. The van der Waals surface area contributed by atoms with E-state index in [1.807, 2.05) is 65.6 Å². The number of amides is 1. The summed E-state index contributed by atoms with van der Waals surface area (Å²) in [4.78, 5) is 86.2. The molecule has 2 aromatic carbocycles. The molecule has 0 bridgehead atoms. The van der Waals surface area contributed by atoms with Crippen molar-refractivity contribution < 1.29 is 52.5 Å². The number of benzene rings is 2. The van der Waals surface area contributed by atoms with Gasteiger partial charge in [0, 0.05) is 32.7 Å². The van der Waals surface area contributed by atoms with Gasteiger partial charge in [-0.2, -0.15) is 0 Å². The Morgan fingerprint density at radius 1 is 0.463 bits per heavy atom. The largest absolute Gasteiger partial charge is 0.459 e. The second-order valence-corrected chi connectivity index (χ2v) is 21.9. The predicted molar refractivity (Wildman–Crippen MR) is 259 cm³/mol. The molecule has 376 valence electrons. The van der Waals surface area contributed by atoms with E-state index in [9.17, 15) is 28.8 Å². The number of hydrogen-bond acceptors (Lipinski definition) is 14. The molecule has 0 unspecified atom stereocenters. The Balaban J connectivity index is 2.52. The third-order valence-electron chi connectivity index (χ3n) is 9.35. The van der Waals surface area contributed by atoms with Gasteiger partial charge in [-0.1, -0.05) is 60.7 Å². The average Bonchev–Trinajstić information content (AvgIpc) is 3.13. The van der Waals surface area contributed by atoms with Gasteiger partial charge in [0.25, 0.3) is 0 Å². The van der Waals surface area contributed by atoms with Crippen molar-refractivity contribution in [1.29, 1.82) is 0 Å². The monoisotopic (exact) mass is 939 g/mol. The standard InChI is InChI=1S/C52H82N4O11/c1-48(2,3)63-41(57)34-54(35-42(58)64-49(4,5)6)30-32-56(33-31-55(36-43(59)65-50(7,8)9)37-44(60)66-51(10,11)12)40(47(62)67-52(13,14)15)28-22-23-29-53-46(61)45(38-24-18-16-19-25-38)39-26-20-17-21-27-39/h16-21,24-27,40,45H,22-23,28-37H2,1-15H3,(H,53,61)/t40-/m0/s1. The molecule has 1 atom stereocenters. The number of carbonyl (C=O) groups is 6. The third-order valence-corrected chi connectivity index (χ3v) is 9.35. The molecule has 0 fully saturated rings. The van der Waals surface area contributed by atoms with E-state index in [1.54, 1.807) is 114 Å². The van der Waals surface area contributed by atoms with Crippen LogP contribution < -0.4 is 5.32 Å². The van der Waals surface area contributed by atoms with Gasteiger partial charge in [-0.05, 0) is 134 Å². The zero-order valence-corrected chi connectivity index (χ0v) is 43.2. The van der Waals surface area contributed by atoms with Gasteiger partial charge >= 0.3 is 29.8 Å². The Labute approximate surface area is 400 Å². The van der Waals surface area contributed by atoms with Crippen LogP contribution in [0.25, 0.3) is 0 Å². The second kappa shape index (κ2) is 26.0. The van der Waals surface area contributed by atoms with E-state index in [0.717, 1.165) is 11.1 Å². The van der Waals surface area contributed by atoms with E-state index in [1.165, 1.54) is 0 Å². The molecule has 0 aliphatic rings. The Morgan fingerprint density at radius 3 is 1.10 bits per heavy atom. The quantitative estimate of drug-likeness (QED) is 0.0643. The highest BCUT2D eigenvalue weighted by molar-refractivity contribution is 5.87. The van der Waals surface area contributed by atoms with Crippen LogP contribution >= 0.6 is 0 Å². The molecule has 67 heavy (non-hydrogen) atoms. The molecule has 1 amide bonds. The molecule has 15 heteroatoms. The molecule has 2 aromatic rings. The number of unbranched alkanes of at least 4 members (excludes halogenated alkanes) is 1. The van der Waals surface area contributed by atoms with Crippen molar-refractivity contribution >= 4 is 35.8 Å². The van der Waals surface area contributed by atoms with Gasteiger partial charge in [-0.3, -0.25) is 43.5 Å². The first-order valence-corrected chi connectivity index (χ1v) is 23.5. The zero-order valence-electron chi connectivity index (χ0n) is 43.2. The summed E-state index contributed by atoms with van der Waals surface area (Å²) in [5.74, 6) is -3.34. The number of nitrogens with zero attached hydrogens (tertiary/aromatic N) is 3. The SMILES string of the molecule is CC(C)(C)OC(=O)CN(CCN(CCN(CC(=O)OC(C)(C)C)CC(=O)OC(C)(C)C)[C@@H](CCCCNC(=O)C(c1ccccc1)c1ccccc1)C(=O)OC(C)(C)C)CC(=O)OC(C)(C)C. The smallest absolute Gasteiger partial charge is 0.323 e. The lowest BCUT2D eigenvalue weighted by molar-refractivity contribution is -0.164. The Kier molecular flexibility index (Phi) is 22.7. The molecule has 0 saturated heterocycles. The molecule has 0 radical (unpaired) electrons. The fraction of sp³-hybridized carbons (Fsp3) is 0.654. The zero-order chi connectivity index (χ0) is 50.8. The summed E-state index contributed by atoms with van der Waals surface area (Å²) < 4.78 is 28.6. The summed E-state index contributed by atoms with van der Waals surface area (Å²) >= 11 is 0. The molecule has 2 rings (SSSR count). The Bertz CT molecular complexity index is 1700. The molecule has 0 heterocycles. The Hall–Kier alpha value is -4.86. The number of hydrogen-bond donors (Lipinski definition) is 1. The second-order valence-electron chi connectivity index (χ2n) is 21.9. The van der Waals surface area contributed by atoms with Gasteiger partial charge in [0.1, 0.15) is 34.0 Å². The molecule has 0 spiro atoms. The first kappa shape index (κ1) is 58.3. The maximum atomic E-state index is 14.3. The number of carbonyl (C=O) groups excluding carboxylic acids is 6. The molecule has 0 aromatic heterocycles. The predicted octanol–water partition coefficient (Wildman–Crippen LogP) is 7.09. The van der Waals surface area contributed by atoms with Gasteiger partial charge < -0.3 is 29.0 Å². The van der Waals surface area contributed by atoms with Crippen LogP contribution in [0.2, 0.25) is 0 Å². The van der Waals surface area contributed by atoms with Gasteiger partial charge in [0.05, 0.1) is 32.1 Å². The van der Waals surface area contributed by atoms with Crippen LogP contribution in [0.5, 0.6) is 0 Å². The molecule has 0 aliphatic carbocycles. The van der Waals surface area contributed by atoms with E-state index in [4.69, 9.17) is 23.7 Å². The molecule has 1 N–H and O–H groups in total. The van der Waals surface area contributed by atoms with E-state index in [-0.39, 0.29) is 58.3 Å². The fourth-order valence-electron chi connectivity index (χ4n) is 7.00. The lowest BCUT2D eigenvalue weighted by Crippen LogP contribution is -2.51. The van der Waals surface area contributed by atoms with Crippen molar-refractivity contribution in [2.24, 2.45) is 0 Å². The van der Waals surface area contributed by atoms with Crippen LogP contribution in [-0.4, -0.2) is 143 Å². The molecule has 0 aliphatic heterocycles. The van der Waals surface area contributed by atoms with Crippen LogP contribution in [0.1, 0.15) is 140 Å². The van der Waals surface area contributed by atoms with Crippen LogP contribution in [-0.2, 0) is 52.5 Å². The maximum absolute atomic E-state index is 14.3. The number of esters is 5. The number of ether oxygens (including phenoxy) is 5. The van der Waals surface area contributed by atoms with Gasteiger partial charge in [0.2, 0.25) is 5.91 Å². The normalized spacial score (nSPS) is 13.1. The molecular formula is C52H82N4O11. The highest BCUT2D eigenvalue weighted by Gasteiger charge is 2.33. The van der Waals surface area contributed by atoms with Crippen molar-refractivity contribution in [1.82, 2.24) is 20.0 Å². The van der Waals surface area contributed by atoms with Crippen molar-refractivity contribution in [3.63, 3.8) is 0 Å². The summed E-state index contributed by atoms with van der Waals surface area (Å²) in [7, 11) is 0. The summed E-state index contributed by atoms with van der Waals surface area (Å²) in [6, 6.07) is 18.3. The number of nitrogens with one attached hydrogen (secondary N) is 1.